The average Bonchev–Trinajstić information content (AvgIpc) is 2.74. The maximum Gasteiger partial charge on any atom is 0.303 e. The number of Topliss-reactive ketones (excluding diaryl/α,β-unsaturated/α-hetero) is 1. The molecule has 0 heterocycles. The second-order valence-electron chi connectivity index (χ2n) is 6.52. The molecule has 5 heteroatoms. The summed E-state index contributed by atoms with van der Waals surface area (Å²) in [6, 6.07) is 0. The molecule has 0 spiro atoms. The summed E-state index contributed by atoms with van der Waals surface area (Å²) in [4.78, 5) is 22.1. The van der Waals surface area contributed by atoms with Gasteiger partial charge in [0, 0.05) is 19.3 Å². The molecular formula is C18H30O5. The molecule has 1 rings (SSSR count). The van der Waals surface area contributed by atoms with E-state index in [1.54, 1.807) is 0 Å². The fourth-order valence-corrected chi connectivity index (χ4v) is 3.38. The van der Waals surface area contributed by atoms with E-state index in [9.17, 15) is 19.8 Å². The monoisotopic (exact) mass is 326 g/mol. The van der Waals surface area contributed by atoms with E-state index in [-0.39, 0.29) is 24.0 Å². The van der Waals surface area contributed by atoms with Crippen molar-refractivity contribution in [1.29, 1.82) is 0 Å². The number of unbranched alkanes of at least 4 members (excludes halogenated alkanes) is 1. The average molecular weight is 326 g/mol. The van der Waals surface area contributed by atoms with Crippen molar-refractivity contribution in [2.75, 3.05) is 0 Å². The molecule has 0 aromatic rings. The number of hydrogen-bond donors (Lipinski definition) is 3. The Balaban J connectivity index is 2.41. The highest BCUT2D eigenvalue weighted by Gasteiger charge is 2.40. The van der Waals surface area contributed by atoms with Gasteiger partial charge in [0.1, 0.15) is 5.78 Å². The minimum atomic E-state index is -0.787. The number of aliphatic hydroxyl groups is 2. The fraction of sp³-hybridized carbons (Fsp3) is 0.778. The highest BCUT2D eigenvalue weighted by atomic mass is 16.4. The lowest BCUT2D eigenvalue weighted by Gasteiger charge is -2.22. The van der Waals surface area contributed by atoms with E-state index < -0.39 is 18.2 Å². The summed E-state index contributed by atoms with van der Waals surface area (Å²) in [5, 5.41) is 28.8. The van der Waals surface area contributed by atoms with Gasteiger partial charge in [-0.05, 0) is 50.4 Å². The molecule has 0 amide bonds. The van der Waals surface area contributed by atoms with E-state index in [2.05, 4.69) is 0 Å². The number of allylic oxidation sites excluding steroid dienone is 2. The van der Waals surface area contributed by atoms with Crippen LogP contribution >= 0.6 is 0 Å². The highest BCUT2D eigenvalue weighted by molar-refractivity contribution is 5.78. The van der Waals surface area contributed by atoms with Gasteiger partial charge in [-0.3, -0.25) is 9.59 Å². The molecule has 0 bridgehead atoms. The third-order valence-electron chi connectivity index (χ3n) is 4.64. The molecule has 5 nitrogen and oxygen atoms in total. The molecule has 4 atom stereocenters. The van der Waals surface area contributed by atoms with Gasteiger partial charge in [0.2, 0.25) is 0 Å². The molecule has 1 aliphatic carbocycles. The van der Waals surface area contributed by atoms with Crippen molar-refractivity contribution in [3.05, 3.63) is 12.2 Å². The smallest absolute Gasteiger partial charge is 0.303 e. The zero-order chi connectivity index (χ0) is 17.2. The first-order chi connectivity index (χ1) is 11.0. The molecule has 0 aromatic heterocycles. The standard InChI is InChI=1S/C18H30O5/c1-2-7-13(19)10-11-15-14(16(20)12-17(15)21)8-5-3-4-6-9-18(22)23/h3,5,14-17,20-21H,2,4,6-12H2,1H3,(H,22,23)/b5-3-/t14-,15-,16+,17-/m1/s1. The highest BCUT2D eigenvalue weighted by Crippen LogP contribution is 2.38. The maximum absolute atomic E-state index is 11.7. The third kappa shape index (κ3) is 7.27. The number of carbonyl (C=O) groups excluding carboxylic acids is 1. The van der Waals surface area contributed by atoms with Crippen molar-refractivity contribution in [3.63, 3.8) is 0 Å². The molecule has 0 saturated heterocycles. The number of carbonyl (C=O) groups is 2. The molecule has 23 heavy (non-hydrogen) atoms. The van der Waals surface area contributed by atoms with Crippen molar-refractivity contribution in [2.45, 2.75) is 76.9 Å². The van der Waals surface area contributed by atoms with Crippen LogP contribution in [0.4, 0.5) is 0 Å². The largest absolute Gasteiger partial charge is 0.481 e. The zero-order valence-corrected chi connectivity index (χ0v) is 14.0. The van der Waals surface area contributed by atoms with Gasteiger partial charge < -0.3 is 15.3 Å². The number of aliphatic hydroxyl groups excluding tert-OH is 2. The topological polar surface area (TPSA) is 94.8 Å². The van der Waals surface area contributed by atoms with Crippen molar-refractivity contribution >= 4 is 11.8 Å². The van der Waals surface area contributed by atoms with Crippen LogP contribution in [-0.2, 0) is 9.59 Å². The second-order valence-corrected chi connectivity index (χ2v) is 6.52. The van der Waals surface area contributed by atoms with Gasteiger partial charge in [-0.15, -0.1) is 0 Å². The molecular weight excluding hydrogens is 296 g/mol. The van der Waals surface area contributed by atoms with E-state index in [1.807, 2.05) is 19.1 Å². The molecule has 0 radical (unpaired) electrons. The lowest BCUT2D eigenvalue weighted by atomic mass is 9.86. The van der Waals surface area contributed by atoms with Crippen LogP contribution in [0.3, 0.4) is 0 Å². The van der Waals surface area contributed by atoms with E-state index in [0.717, 1.165) is 6.42 Å². The maximum atomic E-state index is 11.7. The fourth-order valence-electron chi connectivity index (χ4n) is 3.38. The van der Waals surface area contributed by atoms with Gasteiger partial charge in [0.05, 0.1) is 12.2 Å². The van der Waals surface area contributed by atoms with E-state index in [1.165, 1.54) is 0 Å². The van der Waals surface area contributed by atoms with Gasteiger partial charge in [-0.2, -0.15) is 0 Å². The van der Waals surface area contributed by atoms with Gasteiger partial charge in [0.15, 0.2) is 0 Å². The minimum Gasteiger partial charge on any atom is -0.481 e. The zero-order valence-electron chi connectivity index (χ0n) is 14.0. The Morgan fingerprint density at radius 2 is 1.74 bits per heavy atom. The van der Waals surface area contributed by atoms with Crippen LogP contribution in [0.1, 0.15) is 64.7 Å². The van der Waals surface area contributed by atoms with E-state index >= 15 is 0 Å². The van der Waals surface area contributed by atoms with E-state index in [4.69, 9.17) is 5.11 Å². The normalized spacial score (nSPS) is 27.6. The summed E-state index contributed by atoms with van der Waals surface area (Å²) in [5.41, 5.74) is 0. The summed E-state index contributed by atoms with van der Waals surface area (Å²) in [7, 11) is 0. The van der Waals surface area contributed by atoms with Crippen LogP contribution in [0.5, 0.6) is 0 Å². The summed E-state index contributed by atoms with van der Waals surface area (Å²) in [6.45, 7) is 1.98. The van der Waals surface area contributed by atoms with Crippen LogP contribution in [0.25, 0.3) is 0 Å². The van der Waals surface area contributed by atoms with Crippen LogP contribution in [0.15, 0.2) is 12.2 Å². The van der Waals surface area contributed by atoms with Crippen LogP contribution in [0.2, 0.25) is 0 Å². The molecule has 1 aliphatic rings. The number of aliphatic carboxylic acids is 1. The Hall–Kier alpha value is -1.20. The lowest BCUT2D eigenvalue weighted by Crippen LogP contribution is -2.22. The SMILES string of the molecule is CCCC(=O)CC[C@@H]1[C@@H](C/C=C\CCCC(=O)O)[C@@H](O)C[C@H]1O. The number of hydrogen-bond acceptors (Lipinski definition) is 4. The summed E-state index contributed by atoms with van der Waals surface area (Å²) in [6.07, 6.45) is 7.90. The Morgan fingerprint density at radius 3 is 2.39 bits per heavy atom. The number of carboxylic acid groups (broad SMARTS) is 1. The summed E-state index contributed by atoms with van der Waals surface area (Å²) in [5.74, 6) is -0.613. The van der Waals surface area contributed by atoms with Crippen molar-refractivity contribution in [3.8, 4) is 0 Å². The predicted octanol–water partition coefficient (Wildman–Crippen LogP) is 2.69. The van der Waals surface area contributed by atoms with Crippen LogP contribution < -0.4 is 0 Å². The Bertz CT molecular complexity index is 404. The number of carboxylic acids is 1. The molecule has 1 saturated carbocycles. The first kappa shape index (κ1) is 19.8. The van der Waals surface area contributed by atoms with Gasteiger partial charge in [-0.1, -0.05) is 19.1 Å². The van der Waals surface area contributed by atoms with Gasteiger partial charge >= 0.3 is 5.97 Å². The molecule has 1 fully saturated rings. The molecule has 0 unspecified atom stereocenters. The molecule has 0 aromatic carbocycles. The minimum absolute atomic E-state index is 0.0184. The van der Waals surface area contributed by atoms with Crippen molar-refractivity contribution < 1.29 is 24.9 Å². The number of rotatable bonds is 11. The van der Waals surface area contributed by atoms with Crippen LogP contribution in [-0.4, -0.2) is 39.3 Å². The van der Waals surface area contributed by atoms with Crippen LogP contribution in [0, 0.1) is 11.8 Å². The van der Waals surface area contributed by atoms with E-state index in [0.29, 0.717) is 44.9 Å². The molecule has 3 N–H and O–H groups in total. The summed E-state index contributed by atoms with van der Waals surface area (Å²) < 4.78 is 0. The van der Waals surface area contributed by atoms with Crippen molar-refractivity contribution in [2.24, 2.45) is 11.8 Å². The number of ketones is 1. The van der Waals surface area contributed by atoms with Gasteiger partial charge in [0.25, 0.3) is 0 Å². The lowest BCUT2D eigenvalue weighted by molar-refractivity contribution is -0.137. The second kappa shape index (κ2) is 10.6. The Morgan fingerprint density at radius 1 is 1.04 bits per heavy atom. The third-order valence-corrected chi connectivity index (χ3v) is 4.64. The first-order valence-corrected chi connectivity index (χ1v) is 8.70. The summed E-state index contributed by atoms with van der Waals surface area (Å²) >= 11 is 0. The quantitative estimate of drug-likeness (QED) is 0.401. The molecule has 0 aliphatic heterocycles. The Labute approximate surface area is 138 Å². The first-order valence-electron chi connectivity index (χ1n) is 8.70. The van der Waals surface area contributed by atoms with Gasteiger partial charge in [-0.25, -0.2) is 0 Å². The molecule has 132 valence electrons. The Kier molecular flexibility index (Phi) is 9.10. The van der Waals surface area contributed by atoms with Crippen molar-refractivity contribution in [1.82, 2.24) is 0 Å². The predicted molar refractivity (Wildman–Crippen MR) is 88.0 cm³/mol.